The Morgan fingerprint density at radius 3 is 2.78 bits per heavy atom. The maximum Gasteiger partial charge on any atom is 0.269 e. The summed E-state index contributed by atoms with van der Waals surface area (Å²) in [4.78, 5) is 12.6. The molecule has 1 aromatic heterocycles. The summed E-state index contributed by atoms with van der Waals surface area (Å²) in [6.45, 7) is 0.139. The predicted octanol–water partition coefficient (Wildman–Crippen LogP) is 2.79. The summed E-state index contributed by atoms with van der Waals surface area (Å²) >= 11 is 0. The van der Waals surface area contributed by atoms with Crippen molar-refractivity contribution in [2.45, 2.75) is 18.4 Å². The molecule has 1 heterocycles. The fourth-order valence-corrected chi connectivity index (χ4v) is 3.61. The second kappa shape index (κ2) is 6.63. The first-order valence-corrected chi connectivity index (χ1v) is 8.85. The van der Waals surface area contributed by atoms with Gasteiger partial charge in [-0.1, -0.05) is 24.3 Å². The monoisotopic (exact) mass is 365 g/mol. The van der Waals surface area contributed by atoms with Gasteiger partial charge < -0.3 is 10.4 Å². The molecule has 0 bridgehead atoms. The minimum Gasteiger partial charge on any atom is -0.383 e. The summed E-state index contributed by atoms with van der Waals surface area (Å²) in [7, 11) is 1.68. The average molecular weight is 365 g/mol. The fraction of sp³-hybridized carbons (Fsp3) is 0.238. The SMILES string of the molecule is Cn1nc(-c2ccc(F)cc2)cc1C(=O)NC[C@@]1(O)CCc2ccccc21. The van der Waals surface area contributed by atoms with E-state index in [4.69, 9.17) is 0 Å². The van der Waals surface area contributed by atoms with Gasteiger partial charge in [0, 0.05) is 12.6 Å². The van der Waals surface area contributed by atoms with Crippen LogP contribution >= 0.6 is 0 Å². The number of aliphatic hydroxyl groups is 1. The molecule has 0 fully saturated rings. The van der Waals surface area contributed by atoms with Crippen molar-refractivity contribution in [3.05, 3.63) is 77.2 Å². The maximum absolute atomic E-state index is 13.1. The van der Waals surface area contributed by atoms with Crippen LogP contribution in [0.1, 0.15) is 28.0 Å². The number of rotatable bonds is 4. The van der Waals surface area contributed by atoms with Crippen LogP contribution in [0, 0.1) is 5.82 Å². The molecule has 6 heteroatoms. The van der Waals surface area contributed by atoms with Gasteiger partial charge in [0.1, 0.15) is 17.1 Å². The highest BCUT2D eigenvalue weighted by Crippen LogP contribution is 2.36. The van der Waals surface area contributed by atoms with Gasteiger partial charge in [0.05, 0.1) is 12.2 Å². The van der Waals surface area contributed by atoms with E-state index in [1.54, 1.807) is 25.2 Å². The maximum atomic E-state index is 13.1. The zero-order chi connectivity index (χ0) is 19.0. The van der Waals surface area contributed by atoms with Crippen molar-refractivity contribution in [2.24, 2.45) is 7.05 Å². The van der Waals surface area contributed by atoms with Gasteiger partial charge in [-0.05, 0) is 54.3 Å². The Morgan fingerprint density at radius 1 is 1.26 bits per heavy atom. The van der Waals surface area contributed by atoms with Crippen LogP contribution in [0.4, 0.5) is 4.39 Å². The Morgan fingerprint density at radius 2 is 2.00 bits per heavy atom. The number of aryl methyl sites for hydroxylation is 2. The average Bonchev–Trinajstić information content (AvgIpc) is 3.22. The van der Waals surface area contributed by atoms with Gasteiger partial charge >= 0.3 is 0 Å². The lowest BCUT2D eigenvalue weighted by Crippen LogP contribution is -2.39. The van der Waals surface area contributed by atoms with Crippen LogP contribution in [0.5, 0.6) is 0 Å². The van der Waals surface area contributed by atoms with E-state index >= 15 is 0 Å². The number of benzene rings is 2. The normalized spacial score (nSPS) is 18.3. The molecular formula is C21H20FN3O2. The van der Waals surface area contributed by atoms with Gasteiger partial charge in [-0.15, -0.1) is 0 Å². The molecule has 0 aliphatic heterocycles. The van der Waals surface area contributed by atoms with Crippen LogP contribution in [0.3, 0.4) is 0 Å². The molecule has 4 rings (SSSR count). The van der Waals surface area contributed by atoms with Gasteiger partial charge in [-0.3, -0.25) is 9.48 Å². The highest BCUT2D eigenvalue weighted by molar-refractivity contribution is 5.93. The summed E-state index contributed by atoms with van der Waals surface area (Å²) in [5.74, 6) is -0.631. The molecule has 3 aromatic rings. The molecule has 5 nitrogen and oxygen atoms in total. The molecule has 2 N–H and O–H groups in total. The third kappa shape index (κ3) is 3.24. The Hall–Kier alpha value is -2.99. The summed E-state index contributed by atoms with van der Waals surface area (Å²) in [5.41, 5.74) is 2.65. The number of hydrogen-bond acceptors (Lipinski definition) is 3. The first kappa shape index (κ1) is 17.4. The Kier molecular flexibility index (Phi) is 4.28. The van der Waals surface area contributed by atoms with Crippen molar-refractivity contribution in [3.63, 3.8) is 0 Å². The van der Waals surface area contributed by atoms with Gasteiger partial charge in [0.2, 0.25) is 0 Å². The van der Waals surface area contributed by atoms with Crippen LogP contribution in [0.15, 0.2) is 54.6 Å². The van der Waals surface area contributed by atoms with Crippen molar-refractivity contribution in [1.29, 1.82) is 0 Å². The van der Waals surface area contributed by atoms with Crippen LogP contribution in [0.2, 0.25) is 0 Å². The second-order valence-corrected chi connectivity index (χ2v) is 6.92. The zero-order valence-electron chi connectivity index (χ0n) is 14.9. The van der Waals surface area contributed by atoms with Crippen LogP contribution in [-0.2, 0) is 19.1 Å². The van der Waals surface area contributed by atoms with Crippen molar-refractivity contribution in [2.75, 3.05) is 6.54 Å². The third-order valence-corrected chi connectivity index (χ3v) is 5.12. The smallest absolute Gasteiger partial charge is 0.269 e. The molecule has 0 saturated carbocycles. The van der Waals surface area contributed by atoms with Crippen molar-refractivity contribution >= 4 is 5.91 Å². The van der Waals surface area contributed by atoms with Gasteiger partial charge in [0.15, 0.2) is 0 Å². The lowest BCUT2D eigenvalue weighted by atomic mass is 9.96. The fourth-order valence-electron chi connectivity index (χ4n) is 3.61. The number of amides is 1. The molecule has 1 aliphatic rings. The predicted molar refractivity (Wildman–Crippen MR) is 99.6 cm³/mol. The van der Waals surface area contributed by atoms with Gasteiger partial charge in [0.25, 0.3) is 5.91 Å². The number of nitrogens with one attached hydrogen (secondary N) is 1. The molecule has 1 aliphatic carbocycles. The Bertz CT molecular complexity index is 997. The van der Waals surface area contributed by atoms with E-state index in [2.05, 4.69) is 10.4 Å². The lowest BCUT2D eigenvalue weighted by Gasteiger charge is -2.24. The first-order valence-electron chi connectivity index (χ1n) is 8.85. The summed E-state index contributed by atoms with van der Waals surface area (Å²) in [5, 5.41) is 18.1. The van der Waals surface area contributed by atoms with Crippen molar-refractivity contribution in [3.8, 4) is 11.3 Å². The first-order chi connectivity index (χ1) is 13.0. The minimum absolute atomic E-state index is 0.139. The number of carbonyl (C=O) groups is 1. The van der Waals surface area contributed by atoms with E-state index < -0.39 is 5.60 Å². The highest BCUT2D eigenvalue weighted by Gasteiger charge is 2.36. The van der Waals surface area contributed by atoms with Crippen LogP contribution in [-0.4, -0.2) is 27.3 Å². The largest absolute Gasteiger partial charge is 0.383 e. The molecule has 0 saturated heterocycles. The number of hydrogen-bond donors (Lipinski definition) is 2. The van der Waals surface area contributed by atoms with Crippen LogP contribution in [0.25, 0.3) is 11.3 Å². The molecule has 27 heavy (non-hydrogen) atoms. The Labute approximate surface area is 156 Å². The van der Waals surface area contributed by atoms with Crippen molar-refractivity contribution < 1.29 is 14.3 Å². The number of fused-ring (bicyclic) bond motifs is 1. The van der Waals surface area contributed by atoms with E-state index in [1.807, 2.05) is 24.3 Å². The standard InChI is InChI=1S/C21H20FN3O2/c1-25-19(12-18(24-25)15-6-8-16(22)9-7-15)20(26)23-13-21(27)11-10-14-4-2-3-5-17(14)21/h2-9,12,27H,10-11,13H2,1H3,(H,23,26)/t21-/m0/s1. The summed E-state index contributed by atoms with van der Waals surface area (Å²) in [6, 6.07) is 15.4. The molecule has 1 amide bonds. The number of carbonyl (C=O) groups excluding carboxylic acids is 1. The van der Waals surface area contributed by atoms with E-state index in [0.29, 0.717) is 17.8 Å². The minimum atomic E-state index is -1.05. The molecule has 0 radical (unpaired) electrons. The summed E-state index contributed by atoms with van der Waals surface area (Å²) in [6.07, 6.45) is 1.38. The zero-order valence-corrected chi connectivity index (χ0v) is 14.9. The molecule has 0 unspecified atom stereocenters. The number of nitrogens with zero attached hydrogens (tertiary/aromatic N) is 2. The van der Waals surface area contributed by atoms with Gasteiger partial charge in [-0.2, -0.15) is 5.10 Å². The highest BCUT2D eigenvalue weighted by atomic mass is 19.1. The van der Waals surface area contributed by atoms with Gasteiger partial charge in [-0.25, -0.2) is 4.39 Å². The second-order valence-electron chi connectivity index (χ2n) is 6.92. The molecule has 138 valence electrons. The van der Waals surface area contributed by atoms with Crippen LogP contribution < -0.4 is 5.32 Å². The Balaban J connectivity index is 1.50. The molecule has 2 aromatic carbocycles. The molecular weight excluding hydrogens is 345 g/mol. The molecule has 0 spiro atoms. The lowest BCUT2D eigenvalue weighted by molar-refractivity contribution is 0.0368. The van der Waals surface area contributed by atoms with E-state index in [-0.39, 0.29) is 18.3 Å². The summed E-state index contributed by atoms with van der Waals surface area (Å²) < 4.78 is 14.6. The number of aromatic nitrogens is 2. The quantitative estimate of drug-likeness (QED) is 0.747. The number of halogens is 1. The molecule has 1 atom stereocenters. The van der Waals surface area contributed by atoms with E-state index in [1.165, 1.54) is 16.8 Å². The third-order valence-electron chi connectivity index (χ3n) is 5.12. The van der Waals surface area contributed by atoms with E-state index in [9.17, 15) is 14.3 Å². The van der Waals surface area contributed by atoms with Crippen molar-refractivity contribution in [1.82, 2.24) is 15.1 Å². The topological polar surface area (TPSA) is 67.2 Å². The van der Waals surface area contributed by atoms with E-state index in [0.717, 1.165) is 23.1 Å².